The lowest BCUT2D eigenvalue weighted by atomic mass is 10.1. The summed E-state index contributed by atoms with van der Waals surface area (Å²) in [5.41, 5.74) is -0.635. The van der Waals surface area contributed by atoms with Crippen LogP contribution in [0.3, 0.4) is 0 Å². The van der Waals surface area contributed by atoms with E-state index >= 15 is 0 Å². The van der Waals surface area contributed by atoms with Crippen LogP contribution in [0.15, 0.2) is 18.2 Å². The SMILES string of the molecule is CCC(C)NC(=O)Nc1ccc(N2CCOCC2)cc1C(F)(F)F. The van der Waals surface area contributed by atoms with Gasteiger partial charge in [0.2, 0.25) is 0 Å². The van der Waals surface area contributed by atoms with Crippen molar-refractivity contribution in [3.63, 3.8) is 0 Å². The molecule has 1 aromatic carbocycles. The molecular weight excluding hydrogens is 323 g/mol. The molecule has 0 aromatic heterocycles. The van der Waals surface area contributed by atoms with Crippen molar-refractivity contribution >= 4 is 17.4 Å². The van der Waals surface area contributed by atoms with Gasteiger partial charge >= 0.3 is 12.2 Å². The van der Waals surface area contributed by atoms with Gasteiger partial charge in [0.15, 0.2) is 0 Å². The topological polar surface area (TPSA) is 53.6 Å². The largest absolute Gasteiger partial charge is 0.418 e. The fraction of sp³-hybridized carbons (Fsp3) is 0.562. The number of nitrogens with zero attached hydrogens (tertiary/aromatic N) is 1. The van der Waals surface area contributed by atoms with E-state index in [1.54, 1.807) is 13.0 Å². The Morgan fingerprint density at radius 2 is 2.00 bits per heavy atom. The van der Waals surface area contributed by atoms with Gasteiger partial charge in [-0.1, -0.05) is 6.92 Å². The number of ether oxygens (including phenoxy) is 1. The Morgan fingerprint density at radius 3 is 2.58 bits per heavy atom. The van der Waals surface area contributed by atoms with Gasteiger partial charge in [-0.3, -0.25) is 0 Å². The van der Waals surface area contributed by atoms with Crippen LogP contribution < -0.4 is 15.5 Å². The number of carbonyl (C=O) groups is 1. The summed E-state index contributed by atoms with van der Waals surface area (Å²) in [6, 6.07) is 3.19. The average Bonchev–Trinajstić information content (AvgIpc) is 2.54. The van der Waals surface area contributed by atoms with Crippen molar-refractivity contribution in [2.24, 2.45) is 0 Å². The number of hydrogen-bond donors (Lipinski definition) is 2. The highest BCUT2D eigenvalue weighted by molar-refractivity contribution is 5.90. The van der Waals surface area contributed by atoms with Crippen LogP contribution in [0, 0.1) is 0 Å². The Bertz CT molecular complexity index is 572. The smallest absolute Gasteiger partial charge is 0.378 e. The van der Waals surface area contributed by atoms with Crippen LogP contribution in [-0.2, 0) is 10.9 Å². The van der Waals surface area contributed by atoms with E-state index in [4.69, 9.17) is 4.74 Å². The van der Waals surface area contributed by atoms with Crippen molar-refractivity contribution in [3.05, 3.63) is 23.8 Å². The Hall–Kier alpha value is -1.96. The first-order valence-electron chi connectivity index (χ1n) is 7.92. The number of urea groups is 1. The van der Waals surface area contributed by atoms with E-state index < -0.39 is 17.8 Å². The number of rotatable bonds is 4. The molecule has 2 N–H and O–H groups in total. The molecule has 0 spiro atoms. The zero-order valence-corrected chi connectivity index (χ0v) is 13.7. The number of hydrogen-bond acceptors (Lipinski definition) is 3. The van der Waals surface area contributed by atoms with Crippen molar-refractivity contribution in [1.82, 2.24) is 5.32 Å². The van der Waals surface area contributed by atoms with Crippen LogP contribution >= 0.6 is 0 Å². The Morgan fingerprint density at radius 1 is 1.33 bits per heavy atom. The number of benzene rings is 1. The molecule has 1 unspecified atom stereocenters. The van der Waals surface area contributed by atoms with Crippen molar-refractivity contribution in [2.75, 3.05) is 36.5 Å². The highest BCUT2D eigenvalue weighted by atomic mass is 19.4. The first-order chi connectivity index (χ1) is 11.3. The molecule has 2 amide bonds. The first kappa shape index (κ1) is 18.4. The van der Waals surface area contributed by atoms with Crippen LogP contribution in [0.1, 0.15) is 25.8 Å². The maximum absolute atomic E-state index is 13.4. The Balaban J connectivity index is 2.22. The highest BCUT2D eigenvalue weighted by Crippen LogP contribution is 2.37. The second kappa shape index (κ2) is 7.74. The normalized spacial score (nSPS) is 16.6. The van der Waals surface area contributed by atoms with Gasteiger partial charge < -0.3 is 20.3 Å². The molecule has 1 saturated heterocycles. The summed E-state index contributed by atoms with van der Waals surface area (Å²) in [5, 5.41) is 4.89. The summed E-state index contributed by atoms with van der Waals surface area (Å²) in [4.78, 5) is 13.7. The van der Waals surface area contributed by atoms with Crippen molar-refractivity contribution in [2.45, 2.75) is 32.5 Å². The van der Waals surface area contributed by atoms with Gasteiger partial charge in [-0.2, -0.15) is 13.2 Å². The van der Waals surface area contributed by atoms with E-state index in [9.17, 15) is 18.0 Å². The third-order valence-corrected chi connectivity index (χ3v) is 3.92. The number of morpholine rings is 1. The zero-order valence-electron chi connectivity index (χ0n) is 13.7. The number of alkyl halides is 3. The minimum atomic E-state index is -4.55. The summed E-state index contributed by atoms with van der Waals surface area (Å²) in [5.74, 6) is 0. The Kier molecular flexibility index (Phi) is 5.93. The molecular formula is C16H22F3N3O2. The number of amides is 2. The molecule has 2 rings (SSSR count). The Labute approximate surface area is 139 Å². The average molecular weight is 345 g/mol. The fourth-order valence-corrected chi connectivity index (χ4v) is 2.38. The lowest BCUT2D eigenvalue weighted by Gasteiger charge is -2.29. The lowest BCUT2D eigenvalue weighted by molar-refractivity contribution is -0.136. The molecule has 1 heterocycles. The minimum absolute atomic E-state index is 0.119. The van der Waals surface area contributed by atoms with E-state index in [1.807, 2.05) is 11.8 Å². The molecule has 1 atom stereocenters. The van der Waals surface area contributed by atoms with Crippen LogP contribution in [0.4, 0.5) is 29.3 Å². The molecule has 0 aliphatic carbocycles. The van der Waals surface area contributed by atoms with E-state index in [-0.39, 0.29) is 11.7 Å². The number of carbonyl (C=O) groups excluding carboxylic acids is 1. The van der Waals surface area contributed by atoms with Gasteiger partial charge in [0.05, 0.1) is 24.5 Å². The first-order valence-corrected chi connectivity index (χ1v) is 7.92. The molecule has 0 radical (unpaired) electrons. The van der Waals surface area contributed by atoms with Crippen molar-refractivity contribution in [1.29, 1.82) is 0 Å². The van der Waals surface area contributed by atoms with Crippen molar-refractivity contribution < 1.29 is 22.7 Å². The van der Waals surface area contributed by atoms with Crippen LogP contribution in [0.25, 0.3) is 0 Å². The minimum Gasteiger partial charge on any atom is -0.378 e. The summed E-state index contributed by atoms with van der Waals surface area (Å²) < 4.78 is 45.3. The maximum Gasteiger partial charge on any atom is 0.418 e. The molecule has 0 bridgehead atoms. The fourth-order valence-electron chi connectivity index (χ4n) is 2.38. The molecule has 8 heteroatoms. The highest BCUT2D eigenvalue weighted by Gasteiger charge is 2.35. The summed E-state index contributed by atoms with van der Waals surface area (Å²) in [6.45, 7) is 5.71. The molecule has 5 nitrogen and oxygen atoms in total. The second-order valence-corrected chi connectivity index (χ2v) is 5.73. The van der Waals surface area contributed by atoms with Gasteiger partial charge in [0, 0.05) is 24.8 Å². The van der Waals surface area contributed by atoms with Crippen LogP contribution in [0.2, 0.25) is 0 Å². The summed E-state index contributed by atoms with van der Waals surface area (Å²) >= 11 is 0. The van der Waals surface area contributed by atoms with Gasteiger partial charge in [0.1, 0.15) is 0 Å². The quantitative estimate of drug-likeness (QED) is 0.879. The summed E-state index contributed by atoms with van der Waals surface area (Å²) in [7, 11) is 0. The van der Waals surface area contributed by atoms with Crippen molar-refractivity contribution in [3.8, 4) is 0 Å². The monoisotopic (exact) mass is 345 g/mol. The van der Waals surface area contributed by atoms with Crippen LogP contribution in [0.5, 0.6) is 0 Å². The van der Waals surface area contributed by atoms with Gasteiger partial charge in [0.25, 0.3) is 0 Å². The number of nitrogens with one attached hydrogen (secondary N) is 2. The number of halogens is 3. The van der Waals surface area contributed by atoms with E-state index in [1.165, 1.54) is 6.07 Å². The molecule has 1 aliphatic rings. The molecule has 24 heavy (non-hydrogen) atoms. The van der Waals surface area contributed by atoms with Crippen LogP contribution in [-0.4, -0.2) is 38.4 Å². The zero-order chi connectivity index (χ0) is 17.7. The lowest BCUT2D eigenvalue weighted by Crippen LogP contribution is -2.37. The predicted molar refractivity (Wildman–Crippen MR) is 86.4 cm³/mol. The maximum atomic E-state index is 13.4. The van der Waals surface area contributed by atoms with Gasteiger partial charge in [-0.05, 0) is 31.5 Å². The van der Waals surface area contributed by atoms with E-state index in [0.717, 1.165) is 6.07 Å². The molecule has 0 saturated carbocycles. The molecule has 1 fully saturated rings. The number of anilines is 2. The van der Waals surface area contributed by atoms with E-state index in [0.29, 0.717) is 38.4 Å². The standard InChI is InChI=1S/C16H22F3N3O2/c1-3-11(2)20-15(23)21-14-5-4-12(10-13(14)16(17,18)19)22-6-8-24-9-7-22/h4-5,10-11H,3,6-9H2,1-2H3,(H2,20,21,23). The second-order valence-electron chi connectivity index (χ2n) is 5.73. The van der Waals surface area contributed by atoms with Gasteiger partial charge in [-0.25, -0.2) is 4.79 Å². The third-order valence-electron chi connectivity index (χ3n) is 3.92. The molecule has 134 valence electrons. The molecule has 1 aliphatic heterocycles. The van der Waals surface area contributed by atoms with Gasteiger partial charge in [-0.15, -0.1) is 0 Å². The predicted octanol–water partition coefficient (Wildman–Crippen LogP) is 3.46. The summed E-state index contributed by atoms with van der Waals surface area (Å²) in [6.07, 6.45) is -3.86. The third kappa shape index (κ3) is 4.77. The molecule has 1 aromatic rings. The van der Waals surface area contributed by atoms with E-state index in [2.05, 4.69) is 10.6 Å².